The Balaban J connectivity index is 2.00. The summed E-state index contributed by atoms with van der Waals surface area (Å²) in [6.45, 7) is 22.4. The van der Waals surface area contributed by atoms with Crippen LogP contribution < -0.4 is 0 Å². The molecule has 0 N–H and O–H groups in total. The summed E-state index contributed by atoms with van der Waals surface area (Å²) >= 11 is 0. The van der Waals surface area contributed by atoms with Crippen molar-refractivity contribution in [2.75, 3.05) is 0 Å². The lowest BCUT2D eigenvalue weighted by molar-refractivity contribution is 0.0105. The molecule has 4 rings (SSSR count). The molecule has 47 heavy (non-hydrogen) atoms. The monoisotopic (exact) mass is 630 g/mol. The highest BCUT2D eigenvalue weighted by molar-refractivity contribution is 6.23. The number of hydrogen-bond donors (Lipinski definition) is 0. The first-order chi connectivity index (χ1) is 21.9. The molecule has 0 saturated heterocycles. The van der Waals surface area contributed by atoms with E-state index in [1.54, 1.807) is 0 Å². The first kappa shape index (κ1) is 35.4. The molecule has 4 aromatic carbocycles. The van der Waals surface area contributed by atoms with Crippen molar-refractivity contribution in [3.8, 4) is 0 Å². The van der Waals surface area contributed by atoms with E-state index in [-0.39, 0.29) is 0 Å². The summed E-state index contributed by atoms with van der Waals surface area (Å²) in [5.41, 5.74) is 10.8. The van der Waals surface area contributed by atoms with Crippen molar-refractivity contribution in [1.29, 1.82) is 0 Å². The maximum Gasteiger partial charge on any atom is 0.200 e. The van der Waals surface area contributed by atoms with Gasteiger partial charge in [-0.2, -0.15) is 0 Å². The van der Waals surface area contributed by atoms with Gasteiger partial charge in [0.2, 0.25) is 0 Å². The average Bonchev–Trinajstić information content (AvgIpc) is 2.91. The SMILES string of the molecule is Cc1cc(C)c(C(=O)C(OC(C(=O)c2c(C)cc(C)cc2C)C(=O)c2c(C)cc(C)cc2C)C(=O)c2c(C)cc(C)cc2C)c(C)c1. The van der Waals surface area contributed by atoms with Crippen molar-refractivity contribution in [3.05, 3.63) is 138 Å². The Kier molecular flexibility index (Phi) is 10.3. The maximum absolute atomic E-state index is 14.6. The van der Waals surface area contributed by atoms with Gasteiger partial charge in [-0.15, -0.1) is 0 Å². The number of rotatable bonds is 10. The zero-order chi connectivity index (χ0) is 35.1. The van der Waals surface area contributed by atoms with Gasteiger partial charge in [-0.1, -0.05) is 70.8 Å². The number of ether oxygens (including phenoxy) is 1. The molecule has 0 aliphatic heterocycles. The third-order valence-corrected chi connectivity index (χ3v) is 8.92. The number of carbonyl (C=O) groups is 4. The Morgan fingerprint density at radius 1 is 0.340 bits per heavy atom. The molecule has 0 aliphatic carbocycles. The fraction of sp³-hybridized carbons (Fsp3) is 0.333. The van der Waals surface area contributed by atoms with Gasteiger partial charge in [-0.3, -0.25) is 19.2 Å². The van der Waals surface area contributed by atoms with Crippen LogP contribution >= 0.6 is 0 Å². The average molecular weight is 631 g/mol. The highest BCUT2D eigenvalue weighted by Gasteiger charge is 2.41. The molecule has 244 valence electrons. The summed E-state index contributed by atoms with van der Waals surface area (Å²) in [6.07, 6.45) is -3.49. The zero-order valence-corrected chi connectivity index (χ0v) is 29.8. The summed E-state index contributed by atoms with van der Waals surface area (Å²) in [4.78, 5) is 58.6. The highest BCUT2D eigenvalue weighted by Crippen LogP contribution is 2.29. The minimum absolute atomic E-state index is 0.348. The van der Waals surface area contributed by atoms with Crippen LogP contribution in [0.3, 0.4) is 0 Å². The molecule has 0 spiro atoms. The lowest BCUT2D eigenvalue weighted by Gasteiger charge is -2.26. The predicted molar refractivity (Wildman–Crippen MR) is 189 cm³/mol. The normalized spacial score (nSPS) is 11.4. The van der Waals surface area contributed by atoms with Gasteiger partial charge in [-0.25, -0.2) is 0 Å². The molecule has 0 atom stereocenters. The van der Waals surface area contributed by atoms with E-state index in [2.05, 4.69) is 0 Å². The van der Waals surface area contributed by atoms with Crippen LogP contribution in [0, 0.1) is 83.1 Å². The minimum Gasteiger partial charge on any atom is -0.342 e. The second kappa shape index (κ2) is 13.7. The summed E-state index contributed by atoms with van der Waals surface area (Å²) in [6, 6.07) is 15.1. The van der Waals surface area contributed by atoms with Crippen LogP contribution in [-0.2, 0) is 4.74 Å². The van der Waals surface area contributed by atoms with Crippen molar-refractivity contribution in [2.24, 2.45) is 0 Å². The topological polar surface area (TPSA) is 77.5 Å². The van der Waals surface area contributed by atoms with E-state index in [4.69, 9.17) is 4.74 Å². The van der Waals surface area contributed by atoms with E-state index in [0.29, 0.717) is 66.8 Å². The number of ketones is 4. The fourth-order valence-electron chi connectivity index (χ4n) is 7.42. The molecule has 0 aromatic heterocycles. The zero-order valence-electron chi connectivity index (χ0n) is 29.8. The van der Waals surface area contributed by atoms with E-state index < -0.39 is 35.3 Å². The van der Waals surface area contributed by atoms with Crippen LogP contribution in [0.2, 0.25) is 0 Å². The Bertz CT molecular complexity index is 1590. The van der Waals surface area contributed by atoms with Crippen LogP contribution in [0.5, 0.6) is 0 Å². The molecular weight excluding hydrogens is 584 g/mol. The van der Waals surface area contributed by atoms with Crippen molar-refractivity contribution < 1.29 is 23.9 Å². The van der Waals surface area contributed by atoms with Crippen LogP contribution in [-0.4, -0.2) is 35.3 Å². The van der Waals surface area contributed by atoms with Gasteiger partial charge in [0.05, 0.1) is 0 Å². The van der Waals surface area contributed by atoms with Gasteiger partial charge < -0.3 is 4.74 Å². The van der Waals surface area contributed by atoms with Gasteiger partial charge in [0.1, 0.15) is 0 Å². The molecule has 4 aromatic rings. The lowest BCUT2D eigenvalue weighted by atomic mass is 9.86. The fourth-order valence-corrected chi connectivity index (χ4v) is 7.42. The number of aryl methyl sites for hydroxylation is 12. The van der Waals surface area contributed by atoms with Crippen LogP contribution in [0.25, 0.3) is 0 Å². The molecule has 0 radical (unpaired) electrons. The number of carbonyl (C=O) groups excluding carboxylic acids is 4. The second-order valence-corrected chi connectivity index (χ2v) is 13.4. The Morgan fingerprint density at radius 2 is 0.489 bits per heavy atom. The van der Waals surface area contributed by atoms with Crippen molar-refractivity contribution in [3.63, 3.8) is 0 Å². The summed E-state index contributed by atoms with van der Waals surface area (Å²) in [5.74, 6) is -2.32. The summed E-state index contributed by atoms with van der Waals surface area (Å²) in [7, 11) is 0. The predicted octanol–water partition coefficient (Wildman–Crippen LogP) is 8.97. The maximum atomic E-state index is 14.6. The molecular formula is C42H46O5. The Labute approximate surface area is 279 Å². The van der Waals surface area contributed by atoms with Crippen molar-refractivity contribution in [2.45, 2.75) is 95.3 Å². The minimum atomic E-state index is -1.75. The first-order valence-corrected chi connectivity index (χ1v) is 16.1. The van der Waals surface area contributed by atoms with E-state index >= 15 is 0 Å². The molecule has 0 heterocycles. The molecule has 0 amide bonds. The number of Topliss-reactive ketones (excluding diaryl/α,β-unsaturated/α-hetero) is 4. The van der Waals surface area contributed by atoms with Crippen LogP contribution in [0.1, 0.15) is 108 Å². The third-order valence-electron chi connectivity index (χ3n) is 8.92. The van der Waals surface area contributed by atoms with E-state index in [9.17, 15) is 19.2 Å². The second-order valence-electron chi connectivity index (χ2n) is 13.4. The van der Waals surface area contributed by atoms with E-state index in [1.165, 1.54) is 0 Å². The van der Waals surface area contributed by atoms with Gasteiger partial charge >= 0.3 is 0 Å². The van der Waals surface area contributed by atoms with Gasteiger partial charge in [0.25, 0.3) is 0 Å². The number of benzene rings is 4. The quantitative estimate of drug-likeness (QED) is 0.129. The van der Waals surface area contributed by atoms with Gasteiger partial charge in [0, 0.05) is 22.3 Å². The van der Waals surface area contributed by atoms with Gasteiger partial charge in [-0.05, 0) is 128 Å². The Hall–Kier alpha value is -4.48. The molecule has 0 unspecified atom stereocenters. The lowest BCUT2D eigenvalue weighted by Crippen LogP contribution is -2.44. The summed E-state index contributed by atoms with van der Waals surface area (Å²) in [5, 5.41) is 0. The van der Waals surface area contributed by atoms with Crippen molar-refractivity contribution >= 4 is 23.1 Å². The van der Waals surface area contributed by atoms with Crippen LogP contribution in [0.4, 0.5) is 0 Å². The molecule has 0 fully saturated rings. The molecule has 5 heteroatoms. The molecule has 0 bridgehead atoms. The smallest absolute Gasteiger partial charge is 0.200 e. The summed E-state index contributed by atoms with van der Waals surface area (Å²) < 4.78 is 6.48. The van der Waals surface area contributed by atoms with E-state index in [0.717, 1.165) is 22.3 Å². The molecule has 0 aliphatic rings. The van der Waals surface area contributed by atoms with Crippen molar-refractivity contribution in [1.82, 2.24) is 0 Å². The molecule has 5 nitrogen and oxygen atoms in total. The number of hydrogen-bond acceptors (Lipinski definition) is 5. The molecule has 0 saturated carbocycles. The largest absolute Gasteiger partial charge is 0.342 e. The Morgan fingerprint density at radius 3 is 0.638 bits per heavy atom. The van der Waals surface area contributed by atoms with Crippen LogP contribution in [0.15, 0.2) is 48.5 Å². The highest BCUT2D eigenvalue weighted by atomic mass is 16.5. The first-order valence-electron chi connectivity index (χ1n) is 16.1. The standard InChI is InChI=1S/C42H46O5/c1-21-13-25(5)33(26(6)14-21)37(43)41(38(44)34-27(7)15-22(2)16-28(34)8)47-42(39(45)35-29(9)17-23(3)18-30(35)10)40(46)36-31(11)19-24(4)20-32(36)12/h13-20,41-42H,1-12H3. The van der Waals surface area contributed by atoms with Gasteiger partial charge in [0.15, 0.2) is 35.3 Å². The third kappa shape index (κ3) is 7.11. The van der Waals surface area contributed by atoms with E-state index in [1.807, 2.05) is 132 Å².